The molecule has 3 rings (SSSR count). The number of hydrogen-bond donors (Lipinski definition) is 0. The molecule has 2 amide bonds. The third-order valence-electron chi connectivity index (χ3n) is 6.65. The average Bonchev–Trinajstić information content (AvgIpc) is 3.38. The summed E-state index contributed by atoms with van der Waals surface area (Å²) in [6.45, 7) is 2.42. The molecule has 0 atom stereocenters. The van der Waals surface area contributed by atoms with E-state index in [9.17, 15) is 45.1 Å². The molecule has 5 nitrogen and oxygen atoms in total. The molecule has 2 aliphatic rings. The molecule has 34 heavy (non-hydrogen) atoms. The fourth-order valence-corrected chi connectivity index (χ4v) is 5.29. The van der Waals surface area contributed by atoms with Gasteiger partial charge in [-0.25, -0.2) is 4.39 Å². The minimum Gasteiger partial charge on any atom is -0.342 e. The number of amides is 2. The topological polar surface area (TPSA) is 57.7 Å². The number of piperidine rings is 1. The summed E-state index contributed by atoms with van der Waals surface area (Å²) in [5.41, 5.74) is -5.84. The molecule has 0 aromatic carbocycles. The van der Waals surface area contributed by atoms with E-state index in [-0.39, 0.29) is 24.8 Å². The van der Waals surface area contributed by atoms with Crippen molar-refractivity contribution in [2.24, 2.45) is 5.41 Å². The zero-order valence-corrected chi connectivity index (χ0v) is 19.0. The molecule has 0 saturated carbocycles. The van der Waals surface area contributed by atoms with Gasteiger partial charge in [-0.15, -0.1) is 11.3 Å². The number of thiophene rings is 1. The zero-order chi connectivity index (χ0) is 25.5. The summed E-state index contributed by atoms with van der Waals surface area (Å²) in [7, 11) is 0. The van der Waals surface area contributed by atoms with Gasteiger partial charge in [0.1, 0.15) is 0 Å². The van der Waals surface area contributed by atoms with Crippen LogP contribution in [0, 0.1) is 5.41 Å². The van der Waals surface area contributed by atoms with Gasteiger partial charge in [0.05, 0.1) is 9.75 Å². The van der Waals surface area contributed by atoms with Gasteiger partial charge in [-0.05, 0) is 43.7 Å². The minimum absolute atomic E-state index is 0.138. The molecule has 13 heteroatoms. The van der Waals surface area contributed by atoms with Crippen LogP contribution in [0.5, 0.6) is 0 Å². The van der Waals surface area contributed by atoms with Crippen LogP contribution in [0.1, 0.15) is 58.4 Å². The zero-order valence-electron chi connectivity index (χ0n) is 18.2. The lowest BCUT2D eigenvalue weighted by Crippen LogP contribution is -2.53. The molecule has 1 aromatic heterocycles. The first-order chi connectivity index (χ1) is 15.6. The van der Waals surface area contributed by atoms with Crippen LogP contribution in [0.25, 0.3) is 0 Å². The van der Waals surface area contributed by atoms with E-state index in [1.807, 2.05) is 0 Å². The number of carbonyl (C=O) groups is 3. The van der Waals surface area contributed by atoms with Gasteiger partial charge in [0.2, 0.25) is 5.91 Å². The van der Waals surface area contributed by atoms with E-state index in [4.69, 9.17) is 0 Å². The van der Waals surface area contributed by atoms with E-state index >= 15 is 0 Å². The first-order valence-corrected chi connectivity index (χ1v) is 11.4. The second kappa shape index (κ2) is 9.12. The molecule has 2 saturated heterocycles. The van der Waals surface area contributed by atoms with Crippen molar-refractivity contribution < 1.29 is 45.1 Å². The molecule has 0 aliphatic carbocycles. The summed E-state index contributed by atoms with van der Waals surface area (Å²) < 4.78 is 90.1. The van der Waals surface area contributed by atoms with Gasteiger partial charge in [-0.1, -0.05) is 0 Å². The Morgan fingerprint density at radius 1 is 0.882 bits per heavy atom. The van der Waals surface area contributed by atoms with E-state index in [1.54, 1.807) is 17.0 Å². The number of hydrogen-bond acceptors (Lipinski definition) is 4. The van der Waals surface area contributed by atoms with Crippen molar-refractivity contribution >= 4 is 28.9 Å². The van der Waals surface area contributed by atoms with Crippen molar-refractivity contribution in [2.45, 2.75) is 57.0 Å². The van der Waals surface area contributed by atoms with E-state index < -0.39 is 42.2 Å². The van der Waals surface area contributed by atoms with Gasteiger partial charge in [0, 0.05) is 39.0 Å². The largest absolute Gasteiger partial charge is 0.431 e. The Kier molecular flexibility index (Phi) is 7.09. The number of rotatable bonds is 5. The lowest BCUT2D eigenvalue weighted by molar-refractivity contribution is -0.343. The fraction of sp³-hybridized carbons (Fsp3) is 0.667. The highest BCUT2D eigenvalue weighted by molar-refractivity contribution is 7.15. The molecule has 1 aromatic rings. The van der Waals surface area contributed by atoms with Gasteiger partial charge < -0.3 is 9.80 Å². The van der Waals surface area contributed by atoms with Crippen LogP contribution in [0.4, 0.5) is 30.7 Å². The van der Waals surface area contributed by atoms with Crippen molar-refractivity contribution in [1.82, 2.24) is 9.80 Å². The highest BCUT2D eigenvalue weighted by atomic mass is 32.1. The molecule has 0 N–H and O–H groups in total. The number of ketones is 1. The lowest BCUT2D eigenvalue weighted by atomic mass is 9.77. The van der Waals surface area contributed by atoms with E-state index in [1.165, 1.54) is 11.8 Å². The normalized spacial score (nSPS) is 19.1. The number of halogens is 7. The maximum atomic E-state index is 13.8. The Morgan fingerprint density at radius 3 is 1.85 bits per heavy atom. The summed E-state index contributed by atoms with van der Waals surface area (Å²) in [4.78, 5) is 40.1. The SMILES string of the molecule is CC(=O)c1ccc(C(=O)N2CCC3(CCN(C(=O)CCC(F)(C(F)(F)F)C(F)(F)F)C3)CC2)s1. The average molecular weight is 516 g/mol. The first kappa shape index (κ1) is 26.4. The van der Waals surface area contributed by atoms with Crippen LogP contribution in [0.2, 0.25) is 0 Å². The molecule has 0 radical (unpaired) electrons. The second-order valence-electron chi connectivity index (χ2n) is 8.87. The van der Waals surface area contributed by atoms with Gasteiger partial charge >= 0.3 is 12.4 Å². The third-order valence-corrected chi connectivity index (χ3v) is 7.82. The number of carbonyl (C=O) groups excluding carboxylic acids is 3. The maximum absolute atomic E-state index is 13.8. The van der Waals surface area contributed by atoms with Crippen molar-refractivity contribution in [3.8, 4) is 0 Å². The van der Waals surface area contributed by atoms with Crippen LogP contribution >= 0.6 is 11.3 Å². The summed E-state index contributed by atoms with van der Waals surface area (Å²) in [5.74, 6) is -1.33. The summed E-state index contributed by atoms with van der Waals surface area (Å²) in [6.07, 6.45) is -14.1. The molecule has 1 spiro atoms. The number of nitrogens with zero attached hydrogens (tertiary/aromatic N) is 2. The predicted molar refractivity (Wildman–Crippen MR) is 108 cm³/mol. The van der Waals surface area contributed by atoms with Crippen molar-refractivity contribution in [2.75, 3.05) is 26.2 Å². The highest BCUT2D eigenvalue weighted by Crippen LogP contribution is 2.49. The molecule has 190 valence electrons. The first-order valence-electron chi connectivity index (χ1n) is 10.6. The van der Waals surface area contributed by atoms with E-state index in [0.717, 1.165) is 11.3 Å². The molecule has 2 aliphatic heterocycles. The van der Waals surface area contributed by atoms with E-state index in [0.29, 0.717) is 42.1 Å². The fourth-order valence-electron chi connectivity index (χ4n) is 4.42. The molecule has 2 fully saturated rings. The van der Waals surface area contributed by atoms with Crippen LogP contribution in [0.3, 0.4) is 0 Å². The molecule has 3 heterocycles. The quantitative estimate of drug-likeness (QED) is 0.408. The standard InChI is InChI=1S/C21H23F7N2O3S/c1-13(31)14-2-3-15(34-14)17(33)29-9-6-18(7-10-29)8-11-30(12-18)16(32)4-5-19(22,20(23,24)25)21(26,27)28/h2-3H,4-12H2,1H3. The number of Topliss-reactive ketones (excluding diaryl/α,β-unsaturated/α-hetero) is 1. The Labute approximate surface area is 194 Å². The second-order valence-corrected chi connectivity index (χ2v) is 9.96. The van der Waals surface area contributed by atoms with Gasteiger partial charge in [-0.3, -0.25) is 14.4 Å². The van der Waals surface area contributed by atoms with Crippen molar-refractivity contribution in [3.05, 3.63) is 21.9 Å². The third kappa shape index (κ3) is 5.08. The summed E-state index contributed by atoms with van der Waals surface area (Å²) in [6, 6.07) is 3.16. The molecule has 0 unspecified atom stereocenters. The van der Waals surface area contributed by atoms with Crippen LogP contribution in [-0.2, 0) is 4.79 Å². The molecule has 0 bridgehead atoms. The van der Waals surface area contributed by atoms with Crippen LogP contribution in [-0.4, -0.2) is 71.6 Å². The molecular weight excluding hydrogens is 493 g/mol. The Bertz CT molecular complexity index is 935. The van der Waals surface area contributed by atoms with Gasteiger partial charge in [0.25, 0.3) is 11.6 Å². The van der Waals surface area contributed by atoms with Crippen LogP contribution < -0.4 is 0 Å². The monoisotopic (exact) mass is 516 g/mol. The maximum Gasteiger partial charge on any atom is 0.431 e. The minimum atomic E-state index is -6.18. The van der Waals surface area contributed by atoms with E-state index in [2.05, 4.69) is 0 Å². The molecular formula is C21H23F7N2O3S. The smallest absolute Gasteiger partial charge is 0.342 e. The van der Waals surface area contributed by atoms with Gasteiger partial charge in [-0.2, -0.15) is 26.3 Å². The Hall–Kier alpha value is -2.18. The lowest BCUT2D eigenvalue weighted by Gasteiger charge is -2.39. The Morgan fingerprint density at radius 2 is 1.38 bits per heavy atom. The Balaban J connectivity index is 1.55. The van der Waals surface area contributed by atoms with Crippen LogP contribution in [0.15, 0.2) is 12.1 Å². The van der Waals surface area contributed by atoms with Crippen molar-refractivity contribution in [3.63, 3.8) is 0 Å². The predicted octanol–water partition coefficient (Wildman–Crippen LogP) is 5.02. The number of likely N-dealkylation sites (tertiary alicyclic amines) is 2. The summed E-state index contributed by atoms with van der Waals surface area (Å²) >= 11 is 1.10. The summed E-state index contributed by atoms with van der Waals surface area (Å²) in [5, 5.41) is 0. The van der Waals surface area contributed by atoms with Crippen molar-refractivity contribution in [1.29, 1.82) is 0 Å². The van der Waals surface area contributed by atoms with Gasteiger partial charge in [0.15, 0.2) is 5.78 Å². The number of alkyl halides is 7. The highest BCUT2D eigenvalue weighted by Gasteiger charge is 2.72.